The summed E-state index contributed by atoms with van der Waals surface area (Å²) in [6.45, 7) is 8.22. The van der Waals surface area contributed by atoms with Crippen molar-refractivity contribution in [2.75, 3.05) is 13.1 Å². The summed E-state index contributed by atoms with van der Waals surface area (Å²) in [6, 6.07) is 12.9. The molecule has 2 atom stereocenters. The molecule has 1 aliphatic rings. The minimum atomic E-state index is 0. The van der Waals surface area contributed by atoms with Crippen molar-refractivity contribution in [3.05, 3.63) is 58.9 Å². The maximum Gasteiger partial charge on any atom is 0.253 e. The van der Waals surface area contributed by atoms with Crippen molar-refractivity contribution >= 4 is 18.3 Å². The van der Waals surface area contributed by atoms with Crippen LogP contribution in [0.5, 0.6) is 0 Å². The summed E-state index contributed by atoms with van der Waals surface area (Å²) in [5, 5.41) is 6.52. The minimum absolute atomic E-state index is 0. The number of piperidine rings is 1. The first-order valence-corrected chi connectivity index (χ1v) is 8.83. The Bertz CT molecular complexity index is 705. The number of nitrogens with one attached hydrogen (secondary N) is 2. The van der Waals surface area contributed by atoms with Crippen LogP contribution in [0, 0.1) is 13.8 Å². The van der Waals surface area contributed by atoms with E-state index in [4.69, 9.17) is 0 Å². The van der Waals surface area contributed by atoms with Gasteiger partial charge in [0.25, 0.3) is 5.91 Å². The Hall–Kier alpha value is -1.78. The normalized spacial score (nSPS) is 18.3. The summed E-state index contributed by atoms with van der Waals surface area (Å²) >= 11 is 0. The van der Waals surface area contributed by atoms with Crippen LogP contribution in [0.4, 0.5) is 0 Å². The summed E-state index contributed by atoms with van der Waals surface area (Å²) in [4.78, 5) is 12.7. The molecular weight excluding hydrogens is 334 g/mol. The molecule has 0 bridgehead atoms. The molecule has 4 nitrogen and oxygen atoms in total. The zero-order valence-electron chi connectivity index (χ0n) is 15.2. The molecule has 1 aliphatic heterocycles. The van der Waals surface area contributed by atoms with E-state index in [2.05, 4.69) is 53.3 Å². The van der Waals surface area contributed by atoms with Gasteiger partial charge in [0.1, 0.15) is 0 Å². The third-order valence-electron chi connectivity index (χ3n) is 5.03. The van der Waals surface area contributed by atoms with Gasteiger partial charge in [-0.05, 0) is 51.8 Å². The summed E-state index contributed by atoms with van der Waals surface area (Å²) in [5.41, 5.74) is 4.20. The second kappa shape index (κ2) is 8.54. The van der Waals surface area contributed by atoms with Gasteiger partial charge in [0.15, 0.2) is 0 Å². The molecule has 136 valence electrons. The molecule has 25 heavy (non-hydrogen) atoms. The molecule has 2 aromatic rings. The van der Waals surface area contributed by atoms with E-state index < -0.39 is 0 Å². The first-order valence-electron chi connectivity index (χ1n) is 8.83. The standard InChI is InChI=1S/C20H27N3O.ClH/c1-14-12-19(20(24)22-18-10-7-11-21-13-18)16(3)23(14)15(2)17-8-5-4-6-9-17;/h4-6,8-9,12,15,18,21H,7,10-11,13H2,1-3H3,(H,22,24);1H. The van der Waals surface area contributed by atoms with Crippen molar-refractivity contribution < 1.29 is 4.79 Å². The number of aryl methyl sites for hydroxylation is 1. The van der Waals surface area contributed by atoms with E-state index in [1.165, 1.54) is 5.56 Å². The molecule has 0 radical (unpaired) electrons. The predicted molar refractivity (Wildman–Crippen MR) is 105 cm³/mol. The second-order valence-corrected chi connectivity index (χ2v) is 6.76. The van der Waals surface area contributed by atoms with E-state index in [1.807, 2.05) is 19.1 Å². The van der Waals surface area contributed by atoms with Crippen molar-refractivity contribution in [1.29, 1.82) is 0 Å². The first kappa shape index (κ1) is 19.5. The molecule has 1 saturated heterocycles. The largest absolute Gasteiger partial charge is 0.348 e. The highest BCUT2D eigenvalue weighted by atomic mass is 35.5. The second-order valence-electron chi connectivity index (χ2n) is 6.76. The molecule has 3 rings (SSSR count). The average Bonchev–Trinajstić information content (AvgIpc) is 2.90. The van der Waals surface area contributed by atoms with Crippen LogP contribution < -0.4 is 10.6 Å². The van der Waals surface area contributed by atoms with Crippen LogP contribution in [-0.2, 0) is 0 Å². The molecule has 1 fully saturated rings. The van der Waals surface area contributed by atoms with E-state index >= 15 is 0 Å². The van der Waals surface area contributed by atoms with Gasteiger partial charge < -0.3 is 15.2 Å². The van der Waals surface area contributed by atoms with Crippen LogP contribution in [0.3, 0.4) is 0 Å². The Balaban J connectivity index is 0.00000225. The summed E-state index contributed by atoms with van der Waals surface area (Å²) < 4.78 is 2.25. The van der Waals surface area contributed by atoms with Gasteiger partial charge in [0.05, 0.1) is 11.6 Å². The van der Waals surface area contributed by atoms with Gasteiger partial charge in [-0.15, -0.1) is 12.4 Å². The number of rotatable bonds is 4. The van der Waals surface area contributed by atoms with Crippen molar-refractivity contribution in [3.63, 3.8) is 0 Å². The average molecular weight is 362 g/mol. The topological polar surface area (TPSA) is 46.1 Å². The SMILES string of the molecule is Cc1cc(C(=O)NC2CCCNC2)c(C)n1C(C)c1ccccc1.Cl. The monoisotopic (exact) mass is 361 g/mol. The number of amides is 1. The molecule has 0 spiro atoms. The Kier molecular flexibility index (Phi) is 6.68. The van der Waals surface area contributed by atoms with E-state index in [0.717, 1.165) is 42.9 Å². The molecular formula is C20H28ClN3O. The third kappa shape index (κ3) is 4.25. The van der Waals surface area contributed by atoms with Crippen molar-refractivity contribution in [1.82, 2.24) is 15.2 Å². The molecule has 2 unspecified atom stereocenters. The molecule has 0 aliphatic carbocycles. The number of carbonyl (C=O) groups is 1. The lowest BCUT2D eigenvalue weighted by Crippen LogP contribution is -2.45. The lowest BCUT2D eigenvalue weighted by atomic mass is 10.1. The molecule has 1 aromatic carbocycles. The lowest BCUT2D eigenvalue weighted by molar-refractivity contribution is 0.0930. The van der Waals surface area contributed by atoms with Gasteiger partial charge >= 0.3 is 0 Å². The number of nitrogens with zero attached hydrogens (tertiary/aromatic N) is 1. The number of benzene rings is 1. The fourth-order valence-electron chi connectivity index (χ4n) is 3.72. The molecule has 2 N–H and O–H groups in total. The van der Waals surface area contributed by atoms with E-state index in [0.29, 0.717) is 0 Å². The third-order valence-corrected chi connectivity index (χ3v) is 5.03. The minimum Gasteiger partial charge on any atom is -0.348 e. The maximum atomic E-state index is 12.7. The van der Waals surface area contributed by atoms with Crippen LogP contribution in [0.25, 0.3) is 0 Å². The van der Waals surface area contributed by atoms with Gasteiger partial charge in [-0.25, -0.2) is 0 Å². The van der Waals surface area contributed by atoms with Gasteiger partial charge in [-0.3, -0.25) is 4.79 Å². The Morgan fingerprint density at radius 2 is 2.00 bits per heavy atom. The summed E-state index contributed by atoms with van der Waals surface area (Å²) in [5.74, 6) is 0.0447. The Morgan fingerprint density at radius 3 is 2.64 bits per heavy atom. The van der Waals surface area contributed by atoms with Crippen molar-refractivity contribution in [2.24, 2.45) is 0 Å². The summed E-state index contributed by atoms with van der Waals surface area (Å²) in [6.07, 6.45) is 2.17. The smallest absolute Gasteiger partial charge is 0.253 e. The fourth-order valence-corrected chi connectivity index (χ4v) is 3.72. The molecule has 2 heterocycles. The van der Waals surface area contributed by atoms with Crippen LogP contribution in [0.2, 0.25) is 0 Å². The van der Waals surface area contributed by atoms with Crippen LogP contribution in [0.15, 0.2) is 36.4 Å². The first-order chi connectivity index (χ1) is 11.6. The number of carbonyl (C=O) groups excluding carboxylic acids is 1. The molecule has 1 amide bonds. The zero-order valence-corrected chi connectivity index (χ0v) is 16.0. The molecule has 5 heteroatoms. The number of aromatic nitrogens is 1. The van der Waals surface area contributed by atoms with Gasteiger partial charge in [-0.2, -0.15) is 0 Å². The highest BCUT2D eigenvalue weighted by Crippen LogP contribution is 2.25. The van der Waals surface area contributed by atoms with Crippen LogP contribution >= 0.6 is 12.4 Å². The number of hydrogen-bond acceptors (Lipinski definition) is 2. The van der Waals surface area contributed by atoms with Crippen molar-refractivity contribution in [3.8, 4) is 0 Å². The number of halogens is 1. The highest BCUT2D eigenvalue weighted by molar-refractivity contribution is 5.96. The quantitative estimate of drug-likeness (QED) is 0.873. The Labute approximate surface area is 156 Å². The molecule has 0 saturated carbocycles. The lowest BCUT2D eigenvalue weighted by Gasteiger charge is -2.24. The van der Waals surface area contributed by atoms with Gasteiger partial charge in [0.2, 0.25) is 0 Å². The predicted octanol–water partition coefficient (Wildman–Crippen LogP) is 3.62. The number of hydrogen-bond donors (Lipinski definition) is 2. The van der Waals surface area contributed by atoms with E-state index in [-0.39, 0.29) is 30.4 Å². The van der Waals surface area contributed by atoms with Gasteiger partial charge in [0, 0.05) is 24.0 Å². The maximum absolute atomic E-state index is 12.7. The van der Waals surface area contributed by atoms with E-state index in [9.17, 15) is 4.79 Å². The van der Waals surface area contributed by atoms with Gasteiger partial charge in [-0.1, -0.05) is 30.3 Å². The molecule has 1 aromatic heterocycles. The highest BCUT2D eigenvalue weighted by Gasteiger charge is 2.22. The fraction of sp³-hybridized carbons (Fsp3) is 0.450. The Morgan fingerprint density at radius 1 is 1.28 bits per heavy atom. The summed E-state index contributed by atoms with van der Waals surface area (Å²) in [7, 11) is 0. The van der Waals surface area contributed by atoms with Crippen molar-refractivity contribution in [2.45, 2.75) is 45.7 Å². The zero-order chi connectivity index (χ0) is 17.1. The van der Waals surface area contributed by atoms with Crippen LogP contribution in [-0.4, -0.2) is 29.6 Å². The van der Waals surface area contributed by atoms with E-state index in [1.54, 1.807) is 0 Å². The van der Waals surface area contributed by atoms with Crippen LogP contribution in [0.1, 0.15) is 53.1 Å².